The van der Waals surface area contributed by atoms with Crippen LogP contribution in [0.1, 0.15) is 58.3 Å². The number of likely N-dealkylation sites (tertiary alicyclic amines) is 1. The molecule has 3 aliphatic rings. The molecule has 3 atom stereocenters. The molecule has 3 N–H and O–H groups in total. The Labute approximate surface area is 145 Å². The minimum Gasteiger partial charge on any atom is -0.352 e. The van der Waals surface area contributed by atoms with Crippen LogP contribution in [0.15, 0.2) is 0 Å². The minimum absolute atomic E-state index is 0.0205. The third-order valence-corrected chi connectivity index (χ3v) is 5.85. The number of carbonyl (C=O) groups excluding carboxylic acids is 2. The Bertz CT molecular complexity index is 450. The number of amides is 3. The highest BCUT2D eigenvalue weighted by Crippen LogP contribution is 2.21. The van der Waals surface area contributed by atoms with Gasteiger partial charge in [0.2, 0.25) is 5.91 Å². The van der Waals surface area contributed by atoms with Crippen LogP contribution in [0.2, 0.25) is 0 Å². The zero-order valence-corrected chi connectivity index (χ0v) is 14.9. The monoisotopic (exact) mass is 336 g/mol. The molecule has 3 rings (SSSR count). The lowest BCUT2D eigenvalue weighted by atomic mass is 9.94. The summed E-state index contributed by atoms with van der Waals surface area (Å²) < 4.78 is 0. The minimum atomic E-state index is -0.0674. The molecule has 2 heterocycles. The summed E-state index contributed by atoms with van der Waals surface area (Å²) in [6, 6.07) is 0.898. The molecule has 0 aromatic heterocycles. The largest absolute Gasteiger partial charge is 0.352 e. The molecule has 3 fully saturated rings. The first-order valence-electron chi connectivity index (χ1n) is 9.72. The van der Waals surface area contributed by atoms with Crippen LogP contribution >= 0.6 is 0 Å². The summed E-state index contributed by atoms with van der Waals surface area (Å²) in [5, 5.41) is 9.77. The number of nitrogens with zero attached hydrogens (tertiary/aromatic N) is 1. The maximum atomic E-state index is 12.6. The zero-order chi connectivity index (χ0) is 16.9. The standard InChI is InChI=1S/C18H32N4O2/c1-13-16(9-4-10-19-13)21-17(23)14-6-5-11-22(12-14)18(24)20-15-7-2-3-8-15/h13-16,19H,2-12H2,1H3,(H,20,24)(H,21,23). The van der Waals surface area contributed by atoms with Crippen LogP contribution in [0.3, 0.4) is 0 Å². The van der Waals surface area contributed by atoms with Crippen LogP contribution in [-0.4, -0.2) is 54.6 Å². The van der Waals surface area contributed by atoms with Gasteiger partial charge in [-0.15, -0.1) is 0 Å². The highest BCUT2D eigenvalue weighted by atomic mass is 16.2. The van der Waals surface area contributed by atoms with Gasteiger partial charge in [0.25, 0.3) is 0 Å². The van der Waals surface area contributed by atoms with E-state index >= 15 is 0 Å². The van der Waals surface area contributed by atoms with Crippen LogP contribution < -0.4 is 16.0 Å². The van der Waals surface area contributed by atoms with Gasteiger partial charge in [0.05, 0.1) is 5.92 Å². The Kier molecular flexibility index (Phi) is 5.98. The second-order valence-corrected chi connectivity index (χ2v) is 7.72. The molecular weight excluding hydrogens is 304 g/mol. The Morgan fingerprint density at radius 2 is 1.79 bits per heavy atom. The third kappa shape index (κ3) is 4.41. The van der Waals surface area contributed by atoms with Crippen LogP contribution in [0, 0.1) is 5.92 Å². The fraction of sp³-hybridized carbons (Fsp3) is 0.889. The number of urea groups is 1. The SMILES string of the molecule is CC1NCCCC1NC(=O)C1CCCN(C(=O)NC2CCCC2)C1. The first kappa shape index (κ1) is 17.5. The Hall–Kier alpha value is -1.30. The van der Waals surface area contributed by atoms with Crippen molar-refractivity contribution in [2.75, 3.05) is 19.6 Å². The molecular formula is C18H32N4O2. The van der Waals surface area contributed by atoms with E-state index in [1.165, 1.54) is 12.8 Å². The van der Waals surface area contributed by atoms with Crippen molar-refractivity contribution in [1.29, 1.82) is 0 Å². The quantitative estimate of drug-likeness (QED) is 0.733. The second-order valence-electron chi connectivity index (χ2n) is 7.72. The molecule has 0 spiro atoms. The maximum absolute atomic E-state index is 12.6. The molecule has 1 aliphatic carbocycles. The summed E-state index contributed by atoms with van der Waals surface area (Å²) in [5.41, 5.74) is 0. The summed E-state index contributed by atoms with van der Waals surface area (Å²) in [6.45, 7) is 4.49. The van der Waals surface area contributed by atoms with Crippen LogP contribution in [0.4, 0.5) is 4.79 Å². The van der Waals surface area contributed by atoms with Gasteiger partial charge in [0, 0.05) is 31.2 Å². The predicted molar refractivity (Wildman–Crippen MR) is 93.7 cm³/mol. The fourth-order valence-corrected chi connectivity index (χ4v) is 4.25. The molecule has 0 aromatic carbocycles. The van der Waals surface area contributed by atoms with Crippen molar-refractivity contribution in [3.8, 4) is 0 Å². The molecule has 1 saturated carbocycles. The third-order valence-electron chi connectivity index (χ3n) is 5.85. The van der Waals surface area contributed by atoms with Crippen molar-refractivity contribution in [3.63, 3.8) is 0 Å². The van der Waals surface area contributed by atoms with Crippen molar-refractivity contribution >= 4 is 11.9 Å². The lowest BCUT2D eigenvalue weighted by molar-refractivity contribution is -0.127. The summed E-state index contributed by atoms with van der Waals surface area (Å²) in [6.07, 6.45) is 8.55. The number of piperidine rings is 2. The van der Waals surface area contributed by atoms with Gasteiger partial charge in [-0.2, -0.15) is 0 Å². The Morgan fingerprint density at radius 3 is 2.54 bits per heavy atom. The number of rotatable bonds is 3. The normalized spacial score (nSPS) is 31.7. The smallest absolute Gasteiger partial charge is 0.317 e. The van der Waals surface area contributed by atoms with Crippen LogP contribution in [-0.2, 0) is 4.79 Å². The summed E-state index contributed by atoms with van der Waals surface area (Å²) in [4.78, 5) is 26.9. The second kappa shape index (κ2) is 8.19. The lowest BCUT2D eigenvalue weighted by Gasteiger charge is -2.35. The average molecular weight is 336 g/mol. The van der Waals surface area contributed by atoms with Gasteiger partial charge in [-0.05, 0) is 52.0 Å². The number of hydrogen-bond acceptors (Lipinski definition) is 3. The highest BCUT2D eigenvalue weighted by molar-refractivity contribution is 5.81. The summed E-state index contributed by atoms with van der Waals surface area (Å²) in [7, 11) is 0. The van der Waals surface area contributed by atoms with Crippen molar-refractivity contribution in [1.82, 2.24) is 20.9 Å². The number of carbonyl (C=O) groups is 2. The molecule has 24 heavy (non-hydrogen) atoms. The highest BCUT2D eigenvalue weighted by Gasteiger charge is 2.32. The molecule has 0 aromatic rings. The van der Waals surface area contributed by atoms with Crippen molar-refractivity contribution in [2.24, 2.45) is 5.92 Å². The number of hydrogen-bond donors (Lipinski definition) is 3. The summed E-state index contributed by atoms with van der Waals surface area (Å²) >= 11 is 0. The molecule has 3 unspecified atom stereocenters. The molecule has 2 saturated heterocycles. The van der Waals surface area contributed by atoms with Crippen LogP contribution in [0.5, 0.6) is 0 Å². The first-order chi connectivity index (χ1) is 11.6. The van der Waals surface area contributed by atoms with Gasteiger partial charge >= 0.3 is 6.03 Å². The molecule has 136 valence electrons. The maximum Gasteiger partial charge on any atom is 0.317 e. The summed E-state index contributed by atoms with van der Waals surface area (Å²) in [5.74, 6) is 0.0520. The Balaban J connectivity index is 1.48. The molecule has 6 nitrogen and oxygen atoms in total. The van der Waals surface area contributed by atoms with Crippen molar-refractivity contribution in [2.45, 2.75) is 76.4 Å². The van der Waals surface area contributed by atoms with E-state index in [9.17, 15) is 9.59 Å². The van der Waals surface area contributed by atoms with Gasteiger partial charge in [-0.1, -0.05) is 12.8 Å². The molecule has 0 bridgehead atoms. The number of nitrogens with one attached hydrogen (secondary N) is 3. The predicted octanol–water partition coefficient (Wildman–Crippen LogP) is 1.61. The van der Waals surface area contributed by atoms with E-state index < -0.39 is 0 Å². The van der Waals surface area contributed by atoms with E-state index in [2.05, 4.69) is 22.9 Å². The zero-order valence-electron chi connectivity index (χ0n) is 14.9. The van der Waals surface area contributed by atoms with Crippen LogP contribution in [0.25, 0.3) is 0 Å². The van der Waals surface area contributed by atoms with E-state index in [1.807, 2.05) is 4.90 Å². The first-order valence-corrected chi connectivity index (χ1v) is 9.72. The van der Waals surface area contributed by atoms with Crippen molar-refractivity contribution < 1.29 is 9.59 Å². The van der Waals surface area contributed by atoms with E-state index in [-0.39, 0.29) is 23.9 Å². The van der Waals surface area contributed by atoms with Gasteiger partial charge in [0.15, 0.2) is 0 Å². The molecule has 0 radical (unpaired) electrons. The molecule has 3 amide bonds. The van der Waals surface area contributed by atoms with Gasteiger partial charge < -0.3 is 20.9 Å². The Morgan fingerprint density at radius 1 is 1.00 bits per heavy atom. The topological polar surface area (TPSA) is 73.5 Å². The van der Waals surface area contributed by atoms with Crippen molar-refractivity contribution in [3.05, 3.63) is 0 Å². The van der Waals surface area contributed by atoms with E-state index in [0.29, 0.717) is 18.6 Å². The van der Waals surface area contributed by atoms with Gasteiger partial charge in [-0.25, -0.2) is 4.79 Å². The van der Waals surface area contributed by atoms with E-state index in [1.54, 1.807) is 0 Å². The molecule has 6 heteroatoms. The lowest BCUT2D eigenvalue weighted by Crippen LogP contribution is -2.55. The fourth-order valence-electron chi connectivity index (χ4n) is 4.25. The van der Waals surface area contributed by atoms with E-state index in [0.717, 1.165) is 51.6 Å². The van der Waals surface area contributed by atoms with Gasteiger partial charge in [0.1, 0.15) is 0 Å². The van der Waals surface area contributed by atoms with E-state index in [4.69, 9.17) is 0 Å². The molecule has 2 aliphatic heterocycles. The van der Waals surface area contributed by atoms with Gasteiger partial charge in [-0.3, -0.25) is 4.79 Å². The average Bonchev–Trinajstić information content (AvgIpc) is 3.10.